The monoisotopic (exact) mass is 425 g/mol. The SMILES string of the molecule is CC(C)N[C@@H]1c2ccc3ccccc3c2OC[C@H]1O.O.O=C(O)C(O)C(O)C(=O)O. The summed E-state index contributed by atoms with van der Waals surface area (Å²) in [4.78, 5) is 19.5. The molecule has 10 heteroatoms. The van der Waals surface area contributed by atoms with E-state index in [1.807, 2.05) is 12.1 Å². The highest BCUT2D eigenvalue weighted by Gasteiger charge is 2.31. The van der Waals surface area contributed by atoms with E-state index >= 15 is 0 Å². The quantitative estimate of drug-likeness (QED) is 0.373. The Labute approximate surface area is 172 Å². The van der Waals surface area contributed by atoms with E-state index in [-0.39, 0.29) is 11.5 Å². The molecule has 1 aliphatic rings. The van der Waals surface area contributed by atoms with Gasteiger partial charge in [-0.2, -0.15) is 0 Å². The topological polar surface area (TPSA) is 188 Å². The number of aliphatic hydroxyl groups excluding tert-OH is 3. The third-order valence-corrected chi connectivity index (χ3v) is 4.35. The van der Waals surface area contributed by atoms with Crippen molar-refractivity contribution < 1.29 is 45.3 Å². The number of ether oxygens (including phenoxy) is 1. The van der Waals surface area contributed by atoms with Crippen LogP contribution in [-0.2, 0) is 9.59 Å². The zero-order chi connectivity index (χ0) is 21.7. The van der Waals surface area contributed by atoms with Crippen molar-refractivity contribution in [1.82, 2.24) is 5.32 Å². The van der Waals surface area contributed by atoms with Crippen molar-refractivity contribution in [3.05, 3.63) is 42.0 Å². The minimum atomic E-state index is -2.27. The summed E-state index contributed by atoms with van der Waals surface area (Å²) in [5, 5.41) is 48.4. The van der Waals surface area contributed by atoms with Crippen LogP contribution in [0.5, 0.6) is 5.75 Å². The molecule has 2 unspecified atom stereocenters. The molecule has 2 aromatic rings. The molecule has 0 radical (unpaired) electrons. The van der Waals surface area contributed by atoms with E-state index in [2.05, 4.69) is 43.4 Å². The highest BCUT2D eigenvalue weighted by molar-refractivity contribution is 5.90. The van der Waals surface area contributed by atoms with Crippen molar-refractivity contribution in [2.24, 2.45) is 0 Å². The van der Waals surface area contributed by atoms with Crippen LogP contribution in [0.25, 0.3) is 10.8 Å². The average molecular weight is 425 g/mol. The minimum absolute atomic E-state index is 0. The van der Waals surface area contributed by atoms with Gasteiger partial charge in [0, 0.05) is 17.0 Å². The van der Waals surface area contributed by atoms with Crippen LogP contribution in [0.3, 0.4) is 0 Å². The summed E-state index contributed by atoms with van der Waals surface area (Å²) in [6.45, 7) is 4.51. The predicted molar refractivity (Wildman–Crippen MR) is 107 cm³/mol. The minimum Gasteiger partial charge on any atom is -0.490 e. The molecular formula is C20H27NO9. The third kappa shape index (κ3) is 5.88. The summed E-state index contributed by atoms with van der Waals surface area (Å²) in [7, 11) is 0. The van der Waals surface area contributed by atoms with Gasteiger partial charge in [0.2, 0.25) is 0 Å². The van der Waals surface area contributed by atoms with Gasteiger partial charge in [-0.25, -0.2) is 9.59 Å². The molecule has 2 aromatic carbocycles. The van der Waals surface area contributed by atoms with Crippen LogP contribution >= 0.6 is 0 Å². The van der Waals surface area contributed by atoms with E-state index in [9.17, 15) is 14.7 Å². The molecule has 0 saturated carbocycles. The van der Waals surface area contributed by atoms with Crippen molar-refractivity contribution >= 4 is 22.7 Å². The molecule has 0 bridgehead atoms. The second-order valence-electron chi connectivity index (χ2n) is 6.95. The number of carboxylic acids is 2. The molecule has 0 aromatic heterocycles. The average Bonchev–Trinajstić information content (AvgIpc) is 2.68. The Morgan fingerprint density at radius 2 is 1.60 bits per heavy atom. The lowest BCUT2D eigenvalue weighted by Crippen LogP contribution is -2.42. The Hall–Kier alpha value is -2.76. The second kappa shape index (κ2) is 10.9. The smallest absolute Gasteiger partial charge is 0.335 e. The number of benzene rings is 2. The van der Waals surface area contributed by atoms with E-state index in [4.69, 9.17) is 25.2 Å². The third-order valence-electron chi connectivity index (χ3n) is 4.35. The molecule has 0 amide bonds. The van der Waals surface area contributed by atoms with Crippen LogP contribution < -0.4 is 10.1 Å². The Morgan fingerprint density at radius 1 is 1.03 bits per heavy atom. The van der Waals surface area contributed by atoms with Gasteiger partial charge >= 0.3 is 11.9 Å². The molecule has 8 N–H and O–H groups in total. The second-order valence-corrected chi connectivity index (χ2v) is 6.95. The molecule has 3 rings (SSSR count). The highest BCUT2D eigenvalue weighted by atomic mass is 16.5. The lowest BCUT2D eigenvalue weighted by molar-refractivity contribution is -0.165. The highest BCUT2D eigenvalue weighted by Crippen LogP contribution is 2.38. The molecule has 0 spiro atoms. The number of hydrogen-bond acceptors (Lipinski definition) is 7. The Balaban J connectivity index is 0.000000354. The summed E-state index contributed by atoms with van der Waals surface area (Å²) in [6.07, 6.45) is -5.04. The number of carboxylic acid groups (broad SMARTS) is 2. The zero-order valence-corrected chi connectivity index (χ0v) is 16.5. The van der Waals surface area contributed by atoms with Crippen LogP contribution in [0.1, 0.15) is 25.5 Å². The van der Waals surface area contributed by atoms with Crippen molar-refractivity contribution in [2.45, 2.75) is 44.2 Å². The fraction of sp³-hybridized carbons (Fsp3) is 0.400. The van der Waals surface area contributed by atoms with E-state index in [1.165, 1.54) is 5.39 Å². The first-order valence-corrected chi connectivity index (χ1v) is 9.03. The molecule has 10 nitrogen and oxygen atoms in total. The number of nitrogens with one attached hydrogen (secondary N) is 1. The van der Waals surface area contributed by atoms with E-state index in [0.29, 0.717) is 12.6 Å². The van der Waals surface area contributed by atoms with Gasteiger partial charge in [-0.3, -0.25) is 0 Å². The van der Waals surface area contributed by atoms with Gasteiger partial charge in [-0.15, -0.1) is 0 Å². The van der Waals surface area contributed by atoms with Crippen molar-refractivity contribution in [1.29, 1.82) is 0 Å². The summed E-state index contributed by atoms with van der Waals surface area (Å²) >= 11 is 0. The normalized spacial score (nSPS) is 19.4. The van der Waals surface area contributed by atoms with Gasteiger partial charge in [-0.1, -0.05) is 50.2 Å². The summed E-state index contributed by atoms with van der Waals surface area (Å²) in [5.74, 6) is -2.63. The molecule has 166 valence electrons. The van der Waals surface area contributed by atoms with Gasteiger partial charge in [-0.05, 0) is 5.39 Å². The zero-order valence-electron chi connectivity index (χ0n) is 16.5. The Morgan fingerprint density at radius 3 is 2.13 bits per heavy atom. The van der Waals surface area contributed by atoms with Crippen LogP contribution in [0.4, 0.5) is 0 Å². The number of aliphatic carboxylic acids is 2. The number of carbonyl (C=O) groups is 2. The van der Waals surface area contributed by atoms with Crippen molar-refractivity contribution in [3.8, 4) is 5.75 Å². The molecular weight excluding hydrogens is 398 g/mol. The standard InChI is InChI=1S/C16H19NO2.C4H6O6.H2O/c1-10(2)17-15-13-8-7-11-5-3-4-6-12(11)16(13)19-9-14(15)18;5-1(3(7)8)2(6)4(9)10;/h3-8,10,14-15,17-18H,9H2,1-2H3;1-2,5-6H,(H,7,8)(H,9,10);1H2/t14-,15-;;/m1../s1. The fourth-order valence-corrected chi connectivity index (χ4v) is 2.97. The maximum Gasteiger partial charge on any atom is 0.335 e. The van der Waals surface area contributed by atoms with Crippen LogP contribution in [0.15, 0.2) is 36.4 Å². The number of hydrogen-bond donors (Lipinski definition) is 6. The lowest BCUT2D eigenvalue weighted by atomic mass is 9.94. The molecule has 1 aliphatic heterocycles. The first kappa shape index (κ1) is 25.3. The molecule has 0 aliphatic carbocycles. The lowest BCUT2D eigenvalue weighted by Gasteiger charge is -2.33. The van der Waals surface area contributed by atoms with Gasteiger partial charge in [0.1, 0.15) is 18.5 Å². The number of aliphatic hydroxyl groups is 3. The molecule has 30 heavy (non-hydrogen) atoms. The van der Waals surface area contributed by atoms with Crippen LogP contribution in [0.2, 0.25) is 0 Å². The van der Waals surface area contributed by atoms with Crippen LogP contribution in [0, 0.1) is 0 Å². The van der Waals surface area contributed by atoms with Crippen LogP contribution in [-0.4, -0.2) is 73.9 Å². The molecule has 0 fully saturated rings. The van der Waals surface area contributed by atoms with E-state index in [1.54, 1.807) is 0 Å². The Bertz CT molecular complexity index is 852. The summed E-state index contributed by atoms with van der Waals surface area (Å²) in [5.41, 5.74) is 1.05. The summed E-state index contributed by atoms with van der Waals surface area (Å²) in [6, 6.07) is 12.6. The predicted octanol–water partition coefficient (Wildman–Crippen LogP) is -0.315. The van der Waals surface area contributed by atoms with Crippen molar-refractivity contribution in [3.63, 3.8) is 0 Å². The molecule has 4 atom stereocenters. The largest absolute Gasteiger partial charge is 0.490 e. The molecule has 1 heterocycles. The van der Waals surface area contributed by atoms with Gasteiger partial charge in [0.15, 0.2) is 12.2 Å². The van der Waals surface area contributed by atoms with E-state index < -0.39 is 30.3 Å². The van der Waals surface area contributed by atoms with Gasteiger partial charge in [0.25, 0.3) is 0 Å². The maximum atomic E-state index is 10.1. The maximum absolute atomic E-state index is 10.1. The Kier molecular flexibility index (Phi) is 9.15. The van der Waals surface area contributed by atoms with Gasteiger partial charge < -0.3 is 41.1 Å². The first-order valence-electron chi connectivity index (χ1n) is 9.03. The first-order chi connectivity index (χ1) is 13.6. The van der Waals surface area contributed by atoms with Gasteiger partial charge in [0.05, 0.1) is 6.04 Å². The summed E-state index contributed by atoms with van der Waals surface area (Å²) < 4.78 is 5.77. The number of fused-ring (bicyclic) bond motifs is 3. The fourth-order valence-electron chi connectivity index (χ4n) is 2.97. The number of rotatable bonds is 5. The van der Waals surface area contributed by atoms with E-state index in [0.717, 1.165) is 16.7 Å². The molecule has 0 saturated heterocycles. The van der Waals surface area contributed by atoms with Crippen molar-refractivity contribution in [2.75, 3.05) is 6.61 Å².